The van der Waals surface area contributed by atoms with Gasteiger partial charge in [-0.1, -0.05) is 31.5 Å². The summed E-state index contributed by atoms with van der Waals surface area (Å²) in [6.45, 7) is 4.75. The number of benzene rings is 1. The number of hydrogen-bond acceptors (Lipinski definition) is 3. The third kappa shape index (κ3) is 4.73. The van der Waals surface area contributed by atoms with E-state index >= 15 is 0 Å². The molecule has 0 aliphatic carbocycles. The summed E-state index contributed by atoms with van der Waals surface area (Å²) in [5.41, 5.74) is 6.38. The van der Waals surface area contributed by atoms with Crippen molar-refractivity contribution in [3.63, 3.8) is 0 Å². The number of anilines is 1. The third-order valence-electron chi connectivity index (χ3n) is 3.01. The van der Waals surface area contributed by atoms with Crippen molar-refractivity contribution in [3.05, 3.63) is 28.8 Å². The van der Waals surface area contributed by atoms with Crippen LogP contribution in [0.3, 0.4) is 0 Å². The number of carbonyl (C=O) groups is 1. The number of halogens is 1. The molecule has 0 heterocycles. The Morgan fingerprint density at radius 2 is 2.16 bits per heavy atom. The zero-order valence-corrected chi connectivity index (χ0v) is 12.1. The van der Waals surface area contributed by atoms with E-state index in [0.717, 1.165) is 12.8 Å². The van der Waals surface area contributed by atoms with Crippen molar-refractivity contribution in [2.24, 2.45) is 5.41 Å². The summed E-state index contributed by atoms with van der Waals surface area (Å²) in [6.07, 6.45) is 1.55. The van der Waals surface area contributed by atoms with E-state index in [1.54, 1.807) is 18.2 Å². The van der Waals surface area contributed by atoms with Gasteiger partial charge < -0.3 is 16.2 Å². The van der Waals surface area contributed by atoms with Crippen LogP contribution in [0.15, 0.2) is 18.2 Å². The van der Waals surface area contributed by atoms with E-state index in [4.69, 9.17) is 22.4 Å². The molecule has 0 spiro atoms. The SMILES string of the molecule is CC(C)(CCCO)CNC(=O)c1c(N)cccc1Cl. The molecule has 106 valence electrons. The average Bonchev–Trinajstić information content (AvgIpc) is 2.34. The Kier molecular flexibility index (Phi) is 5.63. The van der Waals surface area contributed by atoms with Gasteiger partial charge in [0.25, 0.3) is 5.91 Å². The van der Waals surface area contributed by atoms with Gasteiger partial charge in [0.05, 0.1) is 10.6 Å². The van der Waals surface area contributed by atoms with E-state index < -0.39 is 0 Å². The summed E-state index contributed by atoms with van der Waals surface area (Å²) in [7, 11) is 0. The zero-order valence-electron chi connectivity index (χ0n) is 11.4. The molecule has 1 aromatic carbocycles. The Labute approximate surface area is 118 Å². The van der Waals surface area contributed by atoms with Gasteiger partial charge in [-0.25, -0.2) is 0 Å². The van der Waals surface area contributed by atoms with Gasteiger partial charge in [0.1, 0.15) is 0 Å². The smallest absolute Gasteiger partial charge is 0.254 e. The number of rotatable bonds is 6. The lowest BCUT2D eigenvalue weighted by Gasteiger charge is -2.24. The molecule has 0 unspecified atom stereocenters. The van der Waals surface area contributed by atoms with Crippen molar-refractivity contribution in [2.45, 2.75) is 26.7 Å². The van der Waals surface area contributed by atoms with Crippen LogP contribution in [0.4, 0.5) is 5.69 Å². The van der Waals surface area contributed by atoms with Crippen LogP contribution in [0.5, 0.6) is 0 Å². The highest BCUT2D eigenvalue weighted by molar-refractivity contribution is 6.34. The van der Waals surface area contributed by atoms with Crippen molar-refractivity contribution in [1.82, 2.24) is 5.32 Å². The highest BCUT2D eigenvalue weighted by atomic mass is 35.5. The van der Waals surface area contributed by atoms with E-state index in [1.165, 1.54) is 0 Å². The number of nitrogens with two attached hydrogens (primary N) is 1. The molecule has 0 atom stereocenters. The molecule has 0 saturated carbocycles. The second-order valence-electron chi connectivity index (χ2n) is 5.38. The average molecular weight is 285 g/mol. The van der Waals surface area contributed by atoms with E-state index in [2.05, 4.69) is 5.32 Å². The minimum absolute atomic E-state index is 0.0750. The topological polar surface area (TPSA) is 75.3 Å². The summed E-state index contributed by atoms with van der Waals surface area (Å²) < 4.78 is 0. The minimum Gasteiger partial charge on any atom is -0.398 e. The van der Waals surface area contributed by atoms with Crippen molar-refractivity contribution >= 4 is 23.2 Å². The van der Waals surface area contributed by atoms with E-state index in [1.807, 2.05) is 13.8 Å². The predicted molar refractivity (Wildman–Crippen MR) is 78.3 cm³/mol. The van der Waals surface area contributed by atoms with Gasteiger partial charge in [0.15, 0.2) is 0 Å². The second-order valence-corrected chi connectivity index (χ2v) is 5.79. The van der Waals surface area contributed by atoms with Crippen LogP contribution >= 0.6 is 11.6 Å². The predicted octanol–water partition coefficient (Wildman–Crippen LogP) is 2.45. The number of aliphatic hydroxyl groups excluding tert-OH is 1. The Bertz CT molecular complexity index is 427. The van der Waals surface area contributed by atoms with Gasteiger partial charge in [-0.15, -0.1) is 0 Å². The Morgan fingerprint density at radius 3 is 2.74 bits per heavy atom. The van der Waals surface area contributed by atoms with E-state index in [-0.39, 0.29) is 17.9 Å². The fourth-order valence-electron chi connectivity index (χ4n) is 1.83. The number of nitrogens with one attached hydrogen (secondary N) is 1. The molecule has 19 heavy (non-hydrogen) atoms. The van der Waals surface area contributed by atoms with Gasteiger partial charge >= 0.3 is 0 Å². The van der Waals surface area contributed by atoms with Crippen LogP contribution in [0.25, 0.3) is 0 Å². The first-order valence-corrected chi connectivity index (χ1v) is 6.68. The standard InChI is InChI=1S/C14H21ClN2O2/c1-14(2,7-4-8-18)9-17-13(19)12-10(15)5-3-6-11(12)16/h3,5-6,18H,4,7-9,16H2,1-2H3,(H,17,19). The lowest BCUT2D eigenvalue weighted by atomic mass is 9.88. The van der Waals surface area contributed by atoms with Crippen molar-refractivity contribution in [2.75, 3.05) is 18.9 Å². The first kappa shape index (κ1) is 15.8. The normalized spacial score (nSPS) is 11.4. The molecular formula is C14H21ClN2O2. The molecule has 4 N–H and O–H groups in total. The Hall–Kier alpha value is -1.26. The number of hydrogen-bond donors (Lipinski definition) is 3. The van der Waals surface area contributed by atoms with Crippen molar-refractivity contribution in [1.29, 1.82) is 0 Å². The molecule has 0 aromatic heterocycles. The Morgan fingerprint density at radius 1 is 1.47 bits per heavy atom. The lowest BCUT2D eigenvalue weighted by Crippen LogP contribution is -2.34. The number of carbonyl (C=O) groups excluding carboxylic acids is 1. The van der Waals surface area contributed by atoms with Gasteiger partial charge in [0.2, 0.25) is 0 Å². The maximum Gasteiger partial charge on any atom is 0.254 e. The summed E-state index contributed by atoms with van der Waals surface area (Å²) in [5, 5.41) is 12.0. The Balaban J connectivity index is 2.66. The molecule has 0 aliphatic rings. The monoisotopic (exact) mass is 284 g/mol. The zero-order chi connectivity index (χ0) is 14.5. The molecule has 1 amide bonds. The van der Waals surface area contributed by atoms with Crippen LogP contribution in [0, 0.1) is 5.41 Å². The fraction of sp³-hybridized carbons (Fsp3) is 0.500. The number of nitrogen functional groups attached to an aromatic ring is 1. The van der Waals surface area contributed by atoms with Gasteiger partial charge in [-0.3, -0.25) is 4.79 Å². The molecule has 5 heteroatoms. The van der Waals surface area contributed by atoms with Gasteiger partial charge in [0, 0.05) is 18.8 Å². The first-order chi connectivity index (χ1) is 8.87. The van der Waals surface area contributed by atoms with E-state index in [0.29, 0.717) is 22.8 Å². The largest absolute Gasteiger partial charge is 0.398 e. The highest BCUT2D eigenvalue weighted by Crippen LogP contribution is 2.24. The molecular weight excluding hydrogens is 264 g/mol. The summed E-state index contributed by atoms with van der Waals surface area (Å²) >= 11 is 5.98. The van der Waals surface area contributed by atoms with Crippen LogP contribution in [-0.2, 0) is 0 Å². The third-order valence-corrected chi connectivity index (χ3v) is 3.33. The van der Waals surface area contributed by atoms with Crippen molar-refractivity contribution < 1.29 is 9.90 Å². The minimum atomic E-state index is -0.264. The van der Waals surface area contributed by atoms with Crippen LogP contribution in [-0.4, -0.2) is 24.2 Å². The lowest BCUT2D eigenvalue weighted by molar-refractivity contribution is 0.0934. The molecule has 1 aromatic rings. The maximum atomic E-state index is 12.1. The second kappa shape index (κ2) is 6.78. The molecule has 0 saturated heterocycles. The first-order valence-electron chi connectivity index (χ1n) is 6.30. The summed E-state index contributed by atoms with van der Waals surface area (Å²) in [5.74, 6) is -0.264. The highest BCUT2D eigenvalue weighted by Gasteiger charge is 2.20. The molecule has 4 nitrogen and oxygen atoms in total. The number of amides is 1. The van der Waals surface area contributed by atoms with Gasteiger partial charge in [-0.2, -0.15) is 0 Å². The molecule has 0 bridgehead atoms. The number of aliphatic hydroxyl groups is 1. The van der Waals surface area contributed by atoms with Gasteiger partial charge in [-0.05, 0) is 30.4 Å². The van der Waals surface area contributed by atoms with Crippen LogP contribution < -0.4 is 11.1 Å². The molecule has 0 radical (unpaired) electrons. The van der Waals surface area contributed by atoms with E-state index in [9.17, 15) is 4.79 Å². The van der Waals surface area contributed by atoms with Crippen molar-refractivity contribution in [3.8, 4) is 0 Å². The maximum absolute atomic E-state index is 12.1. The molecule has 0 fully saturated rings. The van der Waals surface area contributed by atoms with Crippen LogP contribution in [0.1, 0.15) is 37.0 Å². The molecule has 1 rings (SSSR count). The summed E-state index contributed by atoms with van der Waals surface area (Å²) in [6, 6.07) is 5.00. The van der Waals surface area contributed by atoms with Crippen LogP contribution in [0.2, 0.25) is 5.02 Å². The quantitative estimate of drug-likeness (QED) is 0.702. The fourth-order valence-corrected chi connectivity index (χ4v) is 2.10. The molecule has 0 aliphatic heterocycles. The summed E-state index contributed by atoms with van der Waals surface area (Å²) in [4.78, 5) is 12.1.